The summed E-state index contributed by atoms with van der Waals surface area (Å²) in [5.41, 5.74) is 3.31. The monoisotopic (exact) mass is 494 g/mol. The third kappa shape index (κ3) is 5.09. The summed E-state index contributed by atoms with van der Waals surface area (Å²) in [4.78, 5) is 17.3. The average molecular weight is 495 g/mol. The summed E-state index contributed by atoms with van der Waals surface area (Å²) in [6.45, 7) is 3.11. The van der Waals surface area contributed by atoms with Crippen LogP contribution in [0.15, 0.2) is 64.2 Å². The van der Waals surface area contributed by atoms with Gasteiger partial charge in [0.05, 0.1) is 28.1 Å². The van der Waals surface area contributed by atoms with Gasteiger partial charge in [-0.3, -0.25) is 4.79 Å². The van der Waals surface area contributed by atoms with Crippen molar-refractivity contribution in [3.8, 4) is 22.7 Å². The molecule has 2 atom stereocenters. The number of benzene rings is 2. The zero-order valence-corrected chi connectivity index (χ0v) is 20.1. The van der Waals surface area contributed by atoms with Crippen molar-refractivity contribution in [1.29, 1.82) is 0 Å². The number of hydrogen-bond donors (Lipinski definition) is 1. The number of rotatable bonds is 7. The van der Waals surface area contributed by atoms with Gasteiger partial charge < -0.3 is 14.5 Å². The van der Waals surface area contributed by atoms with Crippen molar-refractivity contribution in [2.24, 2.45) is 0 Å². The standard InChI is InChI=1S/C25H23ClN4O3S/c1-15(23(31)27-14-18-5-4-12-32-18)34-25-30-29-24(33-25)20-13-22(16-8-10-17(26)11-9-16)28-21-7-3-2-6-19(20)21/h2-3,6-11,13,15,18H,4-5,12,14H2,1H3,(H,27,31)/t15-,18-/m1/s1. The molecule has 1 fully saturated rings. The van der Waals surface area contributed by atoms with Crippen LogP contribution in [0, 0.1) is 0 Å². The Balaban J connectivity index is 1.37. The van der Waals surface area contributed by atoms with E-state index in [-0.39, 0.29) is 17.3 Å². The molecule has 4 aromatic rings. The molecule has 1 amide bonds. The lowest BCUT2D eigenvalue weighted by Crippen LogP contribution is -2.36. The molecule has 0 aliphatic carbocycles. The van der Waals surface area contributed by atoms with E-state index in [1.807, 2.05) is 61.5 Å². The highest BCUT2D eigenvalue weighted by Crippen LogP contribution is 2.33. The van der Waals surface area contributed by atoms with Gasteiger partial charge in [-0.15, -0.1) is 10.2 Å². The minimum atomic E-state index is -0.381. The van der Waals surface area contributed by atoms with Crippen LogP contribution in [0.25, 0.3) is 33.6 Å². The number of thioether (sulfide) groups is 1. The Kier molecular flexibility index (Phi) is 6.80. The number of nitrogens with one attached hydrogen (secondary N) is 1. The first-order valence-corrected chi connectivity index (χ1v) is 12.4. The van der Waals surface area contributed by atoms with E-state index in [1.165, 1.54) is 11.8 Å². The first kappa shape index (κ1) is 22.8. The van der Waals surface area contributed by atoms with Gasteiger partial charge in [0.15, 0.2) is 0 Å². The number of carbonyl (C=O) groups is 1. The van der Waals surface area contributed by atoms with Crippen LogP contribution in [0.3, 0.4) is 0 Å². The van der Waals surface area contributed by atoms with E-state index in [0.29, 0.717) is 22.7 Å². The quantitative estimate of drug-likeness (QED) is 0.345. The van der Waals surface area contributed by atoms with Gasteiger partial charge in [-0.25, -0.2) is 4.98 Å². The Bertz CT molecular complexity index is 1310. The van der Waals surface area contributed by atoms with E-state index in [1.54, 1.807) is 0 Å². The number of aromatic nitrogens is 3. The Morgan fingerprint density at radius 3 is 2.82 bits per heavy atom. The first-order valence-electron chi connectivity index (χ1n) is 11.1. The Morgan fingerprint density at radius 1 is 1.21 bits per heavy atom. The molecule has 0 bridgehead atoms. The van der Waals surface area contributed by atoms with Crippen LogP contribution in [-0.4, -0.2) is 45.6 Å². The van der Waals surface area contributed by atoms with Gasteiger partial charge in [-0.05, 0) is 44.0 Å². The Hall–Kier alpha value is -2.94. The number of fused-ring (bicyclic) bond motifs is 1. The number of hydrogen-bond acceptors (Lipinski definition) is 7. The van der Waals surface area contributed by atoms with Crippen molar-refractivity contribution >= 4 is 40.2 Å². The van der Waals surface area contributed by atoms with Crippen LogP contribution in [0.2, 0.25) is 5.02 Å². The number of carbonyl (C=O) groups excluding carboxylic acids is 1. The van der Waals surface area contributed by atoms with E-state index in [2.05, 4.69) is 15.5 Å². The maximum Gasteiger partial charge on any atom is 0.277 e. The molecule has 1 N–H and O–H groups in total. The summed E-state index contributed by atoms with van der Waals surface area (Å²) in [5.74, 6) is 0.294. The Labute approximate surface area is 206 Å². The molecular formula is C25H23ClN4O3S. The smallest absolute Gasteiger partial charge is 0.277 e. The third-order valence-electron chi connectivity index (χ3n) is 5.67. The topological polar surface area (TPSA) is 90.1 Å². The number of nitrogens with zero attached hydrogens (tertiary/aromatic N) is 3. The van der Waals surface area contributed by atoms with Crippen molar-refractivity contribution in [2.45, 2.75) is 36.3 Å². The van der Waals surface area contributed by atoms with E-state index < -0.39 is 0 Å². The zero-order chi connectivity index (χ0) is 23.5. The van der Waals surface area contributed by atoms with Gasteiger partial charge in [0, 0.05) is 29.1 Å². The van der Waals surface area contributed by atoms with Crippen molar-refractivity contribution < 1.29 is 13.9 Å². The van der Waals surface area contributed by atoms with Crippen LogP contribution < -0.4 is 5.32 Å². The van der Waals surface area contributed by atoms with Crippen molar-refractivity contribution in [3.05, 3.63) is 59.6 Å². The van der Waals surface area contributed by atoms with E-state index in [0.717, 1.165) is 47.2 Å². The number of halogens is 1. The van der Waals surface area contributed by atoms with Crippen LogP contribution >= 0.6 is 23.4 Å². The van der Waals surface area contributed by atoms with Gasteiger partial charge in [0.2, 0.25) is 11.8 Å². The molecule has 2 aromatic carbocycles. The maximum atomic E-state index is 12.5. The van der Waals surface area contributed by atoms with Gasteiger partial charge in [-0.1, -0.05) is 53.7 Å². The highest BCUT2D eigenvalue weighted by Gasteiger charge is 2.22. The SMILES string of the molecule is C[C@@H](Sc1nnc(-c2cc(-c3ccc(Cl)cc3)nc3ccccc23)o1)C(=O)NC[C@H]1CCCO1. The van der Waals surface area contributed by atoms with Gasteiger partial charge in [0.1, 0.15) is 0 Å². The summed E-state index contributed by atoms with van der Waals surface area (Å²) in [6.07, 6.45) is 2.12. The van der Waals surface area contributed by atoms with E-state index in [9.17, 15) is 4.79 Å². The molecule has 5 rings (SSSR count). The molecule has 3 heterocycles. The number of para-hydroxylation sites is 1. The van der Waals surface area contributed by atoms with Gasteiger partial charge in [0.25, 0.3) is 5.22 Å². The molecule has 1 aliphatic heterocycles. The second-order valence-corrected chi connectivity index (χ2v) is 9.82. The van der Waals surface area contributed by atoms with Crippen molar-refractivity contribution in [3.63, 3.8) is 0 Å². The van der Waals surface area contributed by atoms with Gasteiger partial charge in [-0.2, -0.15) is 0 Å². The summed E-state index contributed by atoms with van der Waals surface area (Å²) < 4.78 is 11.5. The van der Waals surface area contributed by atoms with Crippen LogP contribution in [0.4, 0.5) is 0 Å². The fourth-order valence-electron chi connectivity index (χ4n) is 3.86. The maximum absolute atomic E-state index is 12.5. The molecule has 0 saturated carbocycles. The molecule has 0 radical (unpaired) electrons. The molecule has 1 saturated heterocycles. The second kappa shape index (κ2) is 10.1. The van der Waals surface area contributed by atoms with Crippen LogP contribution in [0.1, 0.15) is 19.8 Å². The average Bonchev–Trinajstić information content (AvgIpc) is 3.54. The fraction of sp³-hybridized carbons (Fsp3) is 0.280. The van der Waals surface area contributed by atoms with Crippen LogP contribution in [-0.2, 0) is 9.53 Å². The molecule has 7 nitrogen and oxygen atoms in total. The number of pyridine rings is 1. The highest BCUT2D eigenvalue weighted by atomic mass is 35.5. The van der Waals surface area contributed by atoms with E-state index >= 15 is 0 Å². The Morgan fingerprint density at radius 2 is 2.03 bits per heavy atom. The molecule has 34 heavy (non-hydrogen) atoms. The molecule has 0 spiro atoms. The van der Waals surface area contributed by atoms with Gasteiger partial charge >= 0.3 is 0 Å². The third-order valence-corrected chi connectivity index (χ3v) is 6.85. The molecule has 9 heteroatoms. The van der Waals surface area contributed by atoms with Crippen molar-refractivity contribution in [1.82, 2.24) is 20.5 Å². The lowest BCUT2D eigenvalue weighted by atomic mass is 10.0. The molecule has 2 aromatic heterocycles. The molecule has 0 unspecified atom stereocenters. The summed E-state index contributed by atoms with van der Waals surface area (Å²) >= 11 is 7.28. The predicted molar refractivity (Wildman–Crippen MR) is 133 cm³/mol. The predicted octanol–water partition coefficient (Wildman–Crippen LogP) is 5.38. The minimum absolute atomic E-state index is 0.0837. The highest BCUT2D eigenvalue weighted by molar-refractivity contribution is 8.00. The van der Waals surface area contributed by atoms with Crippen LogP contribution in [0.5, 0.6) is 0 Å². The minimum Gasteiger partial charge on any atom is -0.411 e. The zero-order valence-electron chi connectivity index (χ0n) is 18.5. The summed E-state index contributed by atoms with van der Waals surface area (Å²) in [5, 5.41) is 12.9. The lowest BCUT2D eigenvalue weighted by Gasteiger charge is -2.13. The first-order chi connectivity index (χ1) is 16.6. The fourth-order valence-corrected chi connectivity index (χ4v) is 4.69. The lowest BCUT2D eigenvalue weighted by molar-refractivity contribution is -0.120. The molecule has 1 aliphatic rings. The summed E-state index contributed by atoms with van der Waals surface area (Å²) in [6, 6.07) is 17.3. The summed E-state index contributed by atoms with van der Waals surface area (Å²) in [7, 11) is 0. The molecular weight excluding hydrogens is 472 g/mol. The number of ether oxygens (including phenoxy) is 1. The molecule has 174 valence electrons. The largest absolute Gasteiger partial charge is 0.411 e. The number of amides is 1. The normalized spacial score (nSPS) is 16.6. The van der Waals surface area contributed by atoms with E-state index in [4.69, 9.17) is 25.7 Å². The van der Waals surface area contributed by atoms with Crippen molar-refractivity contribution in [2.75, 3.05) is 13.2 Å². The second-order valence-electron chi connectivity index (χ2n) is 8.09.